The van der Waals surface area contributed by atoms with Gasteiger partial charge < -0.3 is 40.6 Å². The van der Waals surface area contributed by atoms with Crippen molar-refractivity contribution in [2.75, 3.05) is 26.3 Å². The lowest BCUT2D eigenvalue weighted by atomic mass is 9.93. The van der Waals surface area contributed by atoms with Crippen LogP contribution in [0.15, 0.2) is 0 Å². The van der Waals surface area contributed by atoms with Crippen LogP contribution < -0.4 is 4.90 Å². The number of aliphatic hydroxyl groups excluding tert-OH is 7. The lowest BCUT2D eigenvalue weighted by Gasteiger charge is -2.41. The Bertz CT molecular complexity index is 254. The highest BCUT2D eigenvalue weighted by Gasteiger charge is 2.45. The van der Waals surface area contributed by atoms with Crippen LogP contribution in [0, 0.1) is 0 Å². The van der Waals surface area contributed by atoms with Gasteiger partial charge in [-0.05, 0) is 0 Å². The fourth-order valence-corrected chi connectivity index (χ4v) is 2.25. The minimum atomic E-state index is -1.34. The quantitative estimate of drug-likeness (QED) is 0.248. The molecule has 0 aromatic heterocycles. The molecule has 18 heavy (non-hydrogen) atoms. The highest BCUT2D eigenvalue weighted by Crippen LogP contribution is 2.07. The zero-order chi connectivity index (χ0) is 13.9. The van der Waals surface area contributed by atoms with Crippen molar-refractivity contribution in [3.05, 3.63) is 0 Å². The predicted molar refractivity (Wildman–Crippen MR) is 58.7 cm³/mol. The van der Waals surface area contributed by atoms with Crippen LogP contribution in [-0.4, -0.2) is 98.6 Å². The number of nitrogens with one attached hydrogen (secondary N) is 1. The molecule has 0 saturated carbocycles. The molecule has 0 spiro atoms. The summed E-state index contributed by atoms with van der Waals surface area (Å²) < 4.78 is 0. The second-order valence-electron chi connectivity index (χ2n) is 4.72. The number of hydrogen-bond donors (Lipinski definition) is 8. The molecule has 108 valence electrons. The second-order valence-corrected chi connectivity index (χ2v) is 4.72. The molecule has 0 radical (unpaired) electrons. The summed E-state index contributed by atoms with van der Waals surface area (Å²) in [6.45, 7) is -1.07. The number of aliphatic hydroxyl groups is 7. The average Bonchev–Trinajstić information content (AvgIpc) is 2.35. The second kappa shape index (κ2) is 6.73. The first-order valence-corrected chi connectivity index (χ1v) is 5.89. The van der Waals surface area contributed by atoms with Crippen molar-refractivity contribution in [3.63, 3.8) is 0 Å². The lowest BCUT2D eigenvalue weighted by molar-refractivity contribution is -0.942. The van der Waals surface area contributed by atoms with Crippen molar-refractivity contribution in [1.29, 1.82) is 0 Å². The summed E-state index contributed by atoms with van der Waals surface area (Å²) in [5.41, 5.74) is 0. The standard InChI is InChI=1S/C10H21NO7/c12-3-5-9(17)10(18)7(15)2-11(5)1-6(14)8(16)4-13/h5-10,12-18H,1-4H2/p+1/t5-,6-,7+,8+,9-,10-/m1/s1. The molecule has 1 saturated heterocycles. The van der Waals surface area contributed by atoms with E-state index in [1.165, 1.54) is 0 Å². The van der Waals surface area contributed by atoms with E-state index in [0.29, 0.717) is 4.90 Å². The summed E-state index contributed by atoms with van der Waals surface area (Å²) in [7, 11) is 0. The number of rotatable bonds is 5. The molecule has 1 aliphatic rings. The van der Waals surface area contributed by atoms with Gasteiger partial charge >= 0.3 is 0 Å². The van der Waals surface area contributed by atoms with E-state index in [1.807, 2.05) is 0 Å². The average molecular weight is 268 g/mol. The van der Waals surface area contributed by atoms with Gasteiger partial charge in [-0.25, -0.2) is 0 Å². The molecule has 0 aromatic carbocycles. The SMILES string of the molecule is OC[C@@H]1[C@@H](O)[C@H](O)[C@@H](O)C[NH+]1C[C@@H](O)[C@@H](O)CO. The summed E-state index contributed by atoms with van der Waals surface area (Å²) in [6.07, 6.45) is -6.39. The molecule has 1 aliphatic heterocycles. The molecule has 8 nitrogen and oxygen atoms in total. The van der Waals surface area contributed by atoms with Crippen molar-refractivity contribution >= 4 is 0 Å². The Morgan fingerprint density at radius 1 is 1.00 bits per heavy atom. The third kappa shape index (κ3) is 3.37. The van der Waals surface area contributed by atoms with Gasteiger partial charge in [0.15, 0.2) is 0 Å². The predicted octanol–water partition coefficient (Wildman–Crippen LogP) is -5.96. The Balaban J connectivity index is 2.67. The maximum Gasteiger partial charge on any atom is 0.140 e. The Kier molecular flexibility index (Phi) is 5.89. The monoisotopic (exact) mass is 268 g/mol. The van der Waals surface area contributed by atoms with Crippen molar-refractivity contribution in [2.24, 2.45) is 0 Å². The molecule has 8 heteroatoms. The van der Waals surface area contributed by atoms with E-state index in [4.69, 9.17) is 5.11 Å². The van der Waals surface area contributed by atoms with E-state index >= 15 is 0 Å². The van der Waals surface area contributed by atoms with Gasteiger partial charge in [0.2, 0.25) is 0 Å². The summed E-state index contributed by atoms with van der Waals surface area (Å²) in [6, 6.07) is -0.760. The van der Waals surface area contributed by atoms with Crippen molar-refractivity contribution in [3.8, 4) is 0 Å². The lowest BCUT2D eigenvalue weighted by Crippen LogP contribution is -3.21. The number of quaternary nitrogens is 1. The largest absolute Gasteiger partial charge is 0.394 e. The maximum atomic E-state index is 9.70. The third-order valence-corrected chi connectivity index (χ3v) is 3.45. The molecular formula is C10H22NO7+. The fraction of sp³-hybridized carbons (Fsp3) is 1.00. The zero-order valence-corrected chi connectivity index (χ0v) is 9.92. The van der Waals surface area contributed by atoms with Crippen molar-refractivity contribution < 1.29 is 40.6 Å². The molecular weight excluding hydrogens is 246 g/mol. The molecule has 1 fully saturated rings. The van der Waals surface area contributed by atoms with Crippen LogP contribution in [0.25, 0.3) is 0 Å². The van der Waals surface area contributed by atoms with Gasteiger partial charge in [0.05, 0.1) is 13.2 Å². The van der Waals surface area contributed by atoms with E-state index in [1.54, 1.807) is 0 Å². The summed E-state index contributed by atoms with van der Waals surface area (Å²) >= 11 is 0. The molecule has 8 N–H and O–H groups in total. The third-order valence-electron chi connectivity index (χ3n) is 3.45. The zero-order valence-electron chi connectivity index (χ0n) is 9.92. The molecule has 0 aromatic rings. The summed E-state index contributed by atoms with van der Waals surface area (Å²) in [5.74, 6) is 0. The number of piperidine rings is 1. The highest BCUT2D eigenvalue weighted by atomic mass is 16.4. The van der Waals surface area contributed by atoms with E-state index in [-0.39, 0.29) is 13.1 Å². The molecule has 0 bridgehead atoms. The summed E-state index contributed by atoms with van der Waals surface area (Å²) in [4.78, 5) is 0.461. The van der Waals surface area contributed by atoms with Crippen LogP contribution in [0.3, 0.4) is 0 Å². The van der Waals surface area contributed by atoms with E-state index in [9.17, 15) is 30.6 Å². The van der Waals surface area contributed by atoms with Crippen LogP contribution >= 0.6 is 0 Å². The Morgan fingerprint density at radius 3 is 2.11 bits per heavy atom. The summed E-state index contributed by atoms with van der Waals surface area (Å²) in [5, 5.41) is 65.4. The smallest absolute Gasteiger partial charge is 0.140 e. The molecule has 0 amide bonds. The van der Waals surface area contributed by atoms with Gasteiger partial charge in [0.1, 0.15) is 49.7 Å². The number of likely N-dealkylation sites (tertiary alicyclic amines) is 1. The van der Waals surface area contributed by atoms with Crippen molar-refractivity contribution in [2.45, 2.75) is 36.6 Å². The van der Waals surface area contributed by atoms with Gasteiger partial charge in [-0.15, -0.1) is 0 Å². The molecule has 1 rings (SSSR count). The first-order valence-electron chi connectivity index (χ1n) is 5.89. The molecule has 1 heterocycles. The van der Waals surface area contributed by atoms with E-state index in [2.05, 4.69) is 0 Å². The Labute approximate surface area is 104 Å². The van der Waals surface area contributed by atoms with E-state index in [0.717, 1.165) is 0 Å². The first-order chi connectivity index (χ1) is 8.42. The normalized spacial score (nSPS) is 40.5. The fourth-order valence-electron chi connectivity index (χ4n) is 2.25. The van der Waals surface area contributed by atoms with Crippen LogP contribution in [0.5, 0.6) is 0 Å². The van der Waals surface area contributed by atoms with Crippen molar-refractivity contribution in [1.82, 2.24) is 0 Å². The van der Waals surface area contributed by atoms with Gasteiger partial charge in [-0.3, -0.25) is 0 Å². The van der Waals surface area contributed by atoms with Crippen LogP contribution in [0.1, 0.15) is 0 Å². The van der Waals surface area contributed by atoms with Crippen LogP contribution in [0.2, 0.25) is 0 Å². The van der Waals surface area contributed by atoms with E-state index < -0.39 is 49.8 Å². The van der Waals surface area contributed by atoms with Gasteiger partial charge in [-0.2, -0.15) is 0 Å². The minimum Gasteiger partial charge on any atom is -0.394 e. The molecule has 0 aliphatic carbocycles. The van der Waals surface area contributed by atoms with Gasteiger partial charge in [-0.1, -0.05) is 0 Å². The number of hydrogen-bond acceptors (Lipinski definition) is 7. The Morgan fingerprint density at radius 2 is 1.61 bits per heavy atom. The van der Waals surface area contributed by atoms with Crippen LogP contribution in [0.4, 0.5) is 0 Å². The highest BCUT2D eigenvalue weighted by molar-refractivity contribution is 4.85. The first kappa shape index (κ1) is 15.7. The van der Waals surface area contributed by atoms with Gasteiger partial charge in [0.25, 0.3) is 0 Å². The topological polar surface area (TPSA) is 146 Å². The molecule has 7 atom stereocenters. The van der Waals surface area contributed by atoms with Crippen LogP contribution in [-0.2, 0) is 0 Å². The molecule has 1 unspecified atom stereocenters. The Hall–Kier alpha value is -0.320. The van der Waals surface area contributed by atoms with Gasteiger partial charge in [0, 0.05) is 0 Å². The minimum absolute atomic E-state index is 0.0265. The maximum absolute atomic E-state index is 9.70.